The molecule has 6 aromatic carbocycles. The summed E-state index contributed by atoms with van der Waals surface area (Å²) in [7, 11) is 0. The van der Waals surface area contributed by atoms with E-state index < -0.39 is 0 Å². The molecule has 0 spiro atoms. The van der Waals surface area contributed by atoms with Crippen LogP contribution >= 0.6 is 23.5 Å². The van der Waals surface area contributed by atoms with Gasteiger partial charge in [0.2, 0.25) is 0 Å². The minimum atomic E-state index is 1.07. The lowest BCUT2D eigenvalue weighted by molar-refractivity contribution is 0.795. The fraction of sp³-hybridized carbons (Fsp3) is 0.208. The van der Waals surface area contributed by atoms with Gasteiger partial charge in [-0.25, -0.2) is 0 Å². The second kappa shape index (κ2) is 18.7. The van der Waals surface area contributed by atoms with Crippen LogP contribution in [-0.2, 0) is 12.8 Å². The topological polar surface area (TPSA) is 24.1 Å². The number of rotatable bonds is 16. The lowest BCUT2D eigenvalue weighted by atomic mass is 10.00. The Morgan fingerprint density at radius 2 is 0.846 bits per heavy atom. The summed E-state index contributed by atoms with van der Waals surface area (Å²) >= 11 is 3.58. The van der Waals surface area contributed by atoms with Gasteiger partial charge in [0.05, 0.1) is 0 Å². The molecule has 6 rings (SSSR count). The van der Waals surface area contributed by atoms with Gasteiger partial charge in [0.15, 0.2) is 0 Å². The molecule has 52 heavy (non-hydrogen) atoms. The number of unbranched alkanes of at least 4 members (excludes halogenated alkanes) is 2. The summed E-state index contributed by atoms with van der Waals surface area (Å²) in [4.78, 5) is 2.54. The largest absolute Gasteiger partial charge is 0.355 e. The van der Waals surface area contributed by atoms with Gasteiger partial charge in [0, 0.05) is 43.7 Å². The zero-order chi connectivity index (χ0) is 36.1. The molecule has 0 aliphatic rings. The van der Waals surface area contributed by atoms with Crippen LogP contribution in [0.1, 0.15) is 61.8 Å². The number of hydrogen-bond acceptors (Lipinski definition) is 4. The first-order valence-electron chi connectivity index (χ1n) is 18.5. The van der Waals surface area contributed by atoms with Crippen LogP contribution in [0.15, 0.2) is 143 Å². The third-order valence-corrected chi connectivity index (χ3v) is 11.0. The maximum atomic E-state index is 3.71. The van der Waals surface area contributed by atoms with E-state index >= 15 is 0 Å². The summed E-state index contributed by atoms with van der Waals surface area (Å²) in [6.07, 6.45) is 15.8. The highest BCUT2D eigenvalue weighted by Gasteiger charge is 2.13. The number of hydrogen-bond donors (Lipinski definition) is 2. The quantitative estimate of drug-likeness (QED) is 0.0768. The lowest BCUT2D eigenvalue weighted by Gasteiger charge is -2.16. The van der Waals surface area contributed by atoms with Crippen molar-refractivity contribution in [1.82, 2.24) is 0 Å². The maximum absolute atomic E-state index is 3.71. The molecule has 0 heterocycles. The van der Waals surface area contributed by atoms with Crippen molar-refractivity contribution >= 4 is 58.4 Å². The molecule has 0 fully saturated rings. The second-order valence-electron chi connectivity index (χ2n) is 13.2. The normalized spacial score (nSPS) is 11.2. The van der Waals surface area contributed by atoms with Crippen LogP contribution < -0.4 is 10.6 Å². The minimum absolute atomic E-state index is 1.07. The predicted molar refractivity (Wildman–Crippen MR) is 233 cm³/mol. The van der Waals surface area contributed by atoms with E-state index in [1.807, 2.05) is 0 Å². The summed E-state index contributed by atoms with van der Waals surface area (Å²) < 4.78 is 0. The molecule has 0 unspecified atom stereocenters. The number of aryl methyl sites for hydroxylation is 2. The molecule has 0 aromatic heterocycles. The molecule has 0 radical (unpaired) electrons. The summed E-state index contributed by atoms with van der Waals surface area (Å²) in [6.45, 7) is 4.50. The third-order valence-electron chi connectivity index (χ3n) is 9.46. The predicted octanol–water partition coefficient (Wildman–Crippen LogP) is 14.8. The van der Waals surface area contributed by atoms with Gasteiger partial charge in [0.25, 0.3) is 0 Å². The molecule has 2 N–H and O–H groups in total. The summed E-state index contributed by atoms with van der Waals surface area (Å²) in [5, 5.41) is 7.41. The van der Waals surface area contributed by atoms with Crippen LogP contribution in [0, 0.1) is 0 Å². The number of thioether (sulfide) groups is 2. The highest BCUT2D eigenvalue weighted by Crippen LogP contribution is 2.39. The monoisotopic (exact) mass is 718 g/mol. The molecule has 0 saturated carbocycles. The van der Waals surface area contributed by atoms with Crippen LogP contribution in [0.2, 0.25) is 0 Å². The van der Waals surface area contributed by atoms with Crippen LogP contribution in [-0.4, -0.2) is 12.5 Å². The molecule has 0 aliphatic heterocycles. The number of benzene rings is 6. The Balaban J connectivity index is 1.12. The fourth-order valence-electron chi connectivity index (χ4n) is 6.50. The highest BCUT2D eigenvalue weighted by molar-refractivity contribution is 7.99. The van der Waals surface area contributed by atoms with Crippen LogP contribution in [0.4, 0.5) is 22.7 Å². The van der Waals surface area contributed by atoms with Gasteiger partial charge >= 0.3 is 0 Å². The van der Waals surface area contributed by atoms with Crippen molar-refractivity contribution in [2.45, 2.75) is 62.2 Å². The molecule has 4 heteroatoms. The molecular formula is C48H50N2S2. The molecule has 0 amide bonds. The summed E-state index contributed by atoms with van der Waals surface area (Å²) in [5.74, 6) is 0. The van der Waals surface area contributed by atoms with Gasteiger partial charge in [-0.3, -0.25) is 0 Å². The van der Waals surface area contributed by atoms with Crippen molar-refractivity contribution in [3.8, 4) is 22.3 Å². The first-order chi connectivity index (χ1) is 25.6. The van der Waals surface area contributed by atoms with E-state index in [2.05, 4.69) is 183 Å². The van der Waals surface area contributed by atoms with Gasteiger partial charge in [-0.05, 0) is 120 Å². The van der Waals surface area contributed by atoms with Crippen LogP contribution in [0.3, 0.4) is 0 Å². The van der Waals surface area contributed by atoms with Gasteiger partial charge in [-0.2, -0.15) is 0 Å². The third kappa shape index (κ3) is 9.61. The Bertz CT molecular complexity index is 1900. The Morgan fingerprint density at radius 3 is 1.19 bits per heavy atom. The standard InChI is InChI=1S/C48H50N2S2/c1-5-7-11-35-19-27-39(28-20-35)47-43(13-9-15-45(47)51-3)49-41-31-23-37(24-32-41)17-18-38-25-33-42(34-26-38)50-44-14-10-16-46(52-4)48(44)40-29-21-36(22-30-40)12-8-6-2/h9-10,13-34,49-50H,5-8,11-12H2,1-4H3/b18-17+. The van der Waals surface area contributed by atoms with E-state index in [0.29, 0.717) is 0 Å². The zero-order valence-electron chi connectivity index (χ0n) is 30.9. The average molecular weight is 719 g/mol. The number of nitrogens with one attached hydrogen (secondary N) is 2. The van der Waals surface area contributed by atoms with Crippen LogP contribution in [0.5, 0.6) is 0 Å². The average Bonchev–Trinajstić information content (AvgIpc) is 3.20. The van der Waals surface area contributed by atoms with E-state index in [9.17, 15) is 0 Å². The minimum Gasteiger partial charge on any atom is -0.355 e. The van der Waals surface area contributed by atoms with Gasteiger partial charge in [-0.1, -0.05) is 124 Å². The SMILES string of the molecule is CCCCc1ccc(-c2c(Nc3ccc(/C=C/c4ccc(Nc5cccc(SC)c5-c5ccc(CCCC)cc5)cc4)cc3)cccc2SC)cc1. The van der Waals surface area contributed by atoms with E-state index in [1.165, 1.54) is 68.9 Å². The highest BCUT2D eigenvalue weighted by atomic mass is 32.2. The van der Waals surface area contributed by atoms with Crippen molar-refractivity contribution in [2.75, 3.05) is 23.1 Å². The molecular weight excluding hydrogens is 669 g/mol. The van der Waals surface area contributed by atoms with Crippen molar-refractivity contribution < 1.29 is 0 Å². The summed E-state index contributed by atoms with van der Waals surface area (Å²) in [6, 6.07) is 48.6. The maximum Gasteiger partial charge on any atom is 0.0475 e. The Morgan fingerprint density at radius 1 is 0.462 bits per heavy atom. The Hall–Kier alpha value is -4.64. The van der Waals surface area contributed by atoms with Crippen molar-refractivity contribution in [3.05, 3.63) is 156 Å². The van der Waals surface area contributed by atoms with Gasteiger partial charge in [-0.15, -0.1) is 23.5 Å². The van der Waals surface area contributed by atoms with Gasteiger partial charge in [0.1, 0.15) is 0 Å². The molecule has 0 saturated heterocycles. The molecule has 0 bridgehead atoms. The van der Waals surface area contributed by atoms with E-state index in [-0.39, 0.29) is 0 Å². The first kappa shape index (κ1) is 37.1. The molecule has 0 aliphatic carbocycles. The number of anilines is 4. The van der Waals surface area contributed by atoms with Gasteiger partial charge < -0.3 is 10.6 Å². The first-order valence-corrected chi connectivity index (χ1v) is 21.0. The summed E-state index contributed by atoms with van der Waals surface area (Å²) in [5.41, 5.74) is 14.5. The second-order valence-corrected chi connectivity index (χ2v) is 14.9. The lowest BCUT2D eigenvalue weighted by Crippen LogP contribution is -1.95. The molecule has 0 atom stereocenters. The van der Waals surface area contributed by atoms with E-state index in [1.54, 1.807) is 23.5 Å². The van der Waals surface area contributed by atoms with E-state index in [0.717, 1.165) is 46.7 Å². The van der Waals surface area contributed by atoms with Crippen molar-refractivity contribution in [2.24, 2.45) is 0 Å². The fourth-order valence-corrected chi connectivity index (χ4v) is 7.80. The molecule has 2 nitrogen and oxygen atoms in total. The molecule has 6 aromatic rings. The molecule has 264 valence electrons. The van der Waals surface area contributed by atoms with Crippen molar-refractivity contribution in [1.29, 1.82) is 0 Å². The zero-order valence-corrected chi connectivity index (χ0v) is 32.5. The Kier molecular flexibility index (Phi) is 13.4. The van der Waals surface area contributed by atoms with Crippen LogP contribution in [0.25, 0.3) is 34.4 Å². The smallest absolute Gasteiger partial charge is 0.0475 e. The van der Waals surface area contributed by atoms with E-state index in [4.69, 9.17) is 0 Å². The Labute approximate surface area is 320 Å². The van der Waals surface area contributed by atoms with Crippen molar-refractivity contribution in [3.63, 3.8) is 0 Å².